The van der Waals surface area contributed by atoms with Gasteiger partial charge in [-0.1, -0.05) is 11.3 Å². The molecule has 0 saturated carbocycles. The van der Waals surface area contributed by atoms with Gasteiger partial charge in [0, 0.05) is 6.07 Å². The Morgan fingerprint density at radius 3 is 2.88 bits per heavy atom. The van der Waals surface area contributed by atoms with Crippen LogP contribution in [-0.4, -0.2) is 20.6 Å². The maximum Gasteiger partial charge on any atom is 0.214 e. The molecule has 84 valence electrons. The molecule has 0 saturated heterocycles. The fourth-order valence-corrected chi connectivity index (χ4v) is 1.25. The number of halogens is 1. The van der Waals surface area contributed by atoms with E-state index in [1.54, 1.807) is 26.0 Å². The number of hydrogen-bond acceptors (Lipinski definition) is 4. The Morgan fingerprint density at radius 2 is 2.25 bits per heavy atom. The molecule has 1 atom stereocenters. The molecule has 1 unspecified atom stereocenters. The van der Waals surface area contributed by atoms with Crippen molar-refractivity contribution in [1.82, 2.24) is 20.6 Å². The third-order valence-corrected chi connectivity index (χ3v) is 2.18. The number of benzene rings is 1. The topological polar surface area (TPSA) is 63.7 Å². The lowest BCUT2D eigenvalue weighted by molar-refractivity contribution is 0.215. The van der Waals surface area contributed by atoms with E-state index in [0.29, 0.717) is 17.1 Å². The van der Waals surface area contributed by atoms with Gasteiger partial charge in [0.05, 0.1) is 0 Å². The second-order valence-electron chi connectivity index (χ2n) is 3.44. The maximum atomic E-state index is 13.2. The van der Waals surface area contributed by atoms with Gasteiger partial charge in [0.15, 0.2) is 6.10 Å². The van der Waals surface area contributed by atoms with Crippen LogP contribution in [0.15, 0.2) is 18.2 Å². The molecule has 0 aliphatic heterocycles. The average Bonchev–Trinajstić information content (AvgIpc) is 2.77. The molecule has 0 aliphatic rings. The van der Waals surface area contributed by atoms with Crippen molar-refractivity contribution in [2.45, 2.75) is 20.0 Å². The molecule has 0 amide bonds. The number of aromatic nitrogens is 4. The zero-order valence-corrected chi connectivity index (χ0v) is 8.94. The SMILES string of the molecule is Cc1ccc(OC(C)c2nn[nH]n2)cc1F. The van der Waals surface area contributed by atoms with Gasteiger partial charge in [-0.25, -0.2) is 4.39 Å². The number of ether oxygens (including phenoxy) is 1. The highest BCUT2D eigenvalue weighted by Crippen LogP contribution is 2.21. The second kappa shape index (κ2) is 4.26. The summed E-state index contributed by atoms with van der Waals surface area (Å²) in [5.74, 6) is 0.583. The molecule has 0 radical (unpaired) electrons. The summed E-state index contributed by atoms with van der Waals surface area (Å²) in [6.07, 6.45) is -0.374. The van der Waals surface area contributed by atoms with Crippen LogP contribution in [0, 0.1) is 12.7 Å². The van der Waals surface area contributed by atoms with Crippen LogP contribution in [0.3, 0.4) is 0 Å². The largest absolute Gasteiger partial charge is 0.482 e. The number of H-pyrrole nitrogens is 1. The zero-order valence-electron chi connectivity index (χ0n) is 8.94. The molecule has 0 fully saturated rings. The van der Waals surface area contributed by atoms with Gasteiger partial charge in [-0.05, 0) is 25.5 Å². The lowest BCUT2D eigenvalue weighted by Crippen LogP contribution is -2.05. The van der Waals surface area contributed by atoms with E-state index in [2.05, 4.69) is 20.6 Å². The van der Waals surface area contributed by atoms with Crippen LogP contribution in [0.2, 0.25) is 0 Å². The quantitative estimate of drug-likeness (QED) is 0.859. The first-order valence-corrected chi connectivity index (χ1v) is 4.83. The normalized spacial score (nSPS) is 12.4. The number of rotatable bonds is 3. The van der Waals surface area contributed by atoms with Gasteiger partial charge in [-0.3, -0.25) is 0 Å². The van der Waals surface area contributed by atoms with E-state index in [9.17, 15) is 4.39 Å². The number of aromatic amines is 1. The third kappa shape index (κ3) is 2.16. The highest BCUT2D eigenvalue weighted by molar-refractivity contribution is 5.28. The fourth-order valence-electron chi connectivity index (χ4n) is 1.25. The van der Waals surface area contributed by atoms with Gasteiger partial charge in [0.1, 0.15) is 11.6 Å². The summed E-state index contributed by atoms with van der Waals surface area (Å²) >= 11 is 0. The van der Waals surface area contributed by atoms with Crippen molar-refractivity contribution in [2.75, 3.05) is 0 Å². The summed E-state index contributed by atoms with van der Waals surface area (Å²) < 4.78 is 18.7. The van der Waals surface area contributed by atoms with E-state index in [4.69, 9.17) is 4.74 Å². The van der Waals surface area contributed by atoms with E-state index in [0.717, 1.165) is 0 Å². The highest BCUT2D eigenvalue weighted by Gasteiger charge is 2.12. The minimum atomic E-state index is -0.374. The number of hydrogen-bond donors (Lipinski definition) is 1. The lowest BCUT2D eigenvalue weighted by atomic mass is 10.2. The summed E-state index contributed by atoms with van der Waals surface area (Å²) in [6, 6.07) is 4.70. The molecule has 1 aromatic heterocycles. The smallest absolute Gasteiger partial charge is 0.214 e. The Hall–Kier alpha value is -1.98. The molecule has 1 N–H and O–H groups in total. The predicted molar refractivity (Wildman–Crippen MR) is 54.4 cm³/mol. The lowest BCUT2D eigenvalue weighted by Gasteiger charge is -2.11. The van der Waals surface area contributed by atoms with E-state index < -0.39 is 0 Å². The molecule has 16 heavy (non-hydrogen) atoms. The number of nitrogens with zero attached hydrogens (tertiary/aromatic N) is 3. The number of aryl methyl sites for hydroxylation is 1. The van der Waals surface area contributed by atoms with Gasteiger partial charge in [0.25, 0.3) is 0 Å². The predicted octanol–water partition coefficient (Wildman–Crippen LogP) is 1.79. The molecule has 0 spiro atoms. The van der Waals surface area contributed by atoms with Crippen LogP contribution in [-0.2, 0) is 0 Å². The summed E-state index contributed by atoms with van der Waals surface area (Å²) in [4.78, 5) is 0. The van der Waals surface area contributed by atoms with Gasteiger partial charge >= 0.3 is 0 Å². The second-order valence-corrected chi connectivity index (χ2v) is 3.44. The van der Waals surface area contributed by atoms with E-state index in [-0.39, 0.29) is 11.9 Å². The van der Waals surface area contributed by atoms with Gasteiger partial charge < -0.3 is 4.74 Å². The summed E-state index contributed by atoms with van der Waals surface area (Å²) in [7, 11) is 0. The first kappa shape index (κ1) is 10.5. The molecule has 2 rings (SSSR count). The maximum absolute atomic E-state index is 13.2. The van der Waals surface area contributed by atoms with Crippen molar-refractivity contribution in [3.8, 4) is 5.75 Å². The van der Waals surface area contributed by atoms with Crippen LogP contribution < -0.4 is 4.74 Å². The van der Waals surface area contributed by atoms with Crippen LogP contribution in [0.1, 0.15) is 24.4 Å². The molecule has 2 aromatic rings. The van der Waals surface area contributed by atoms with Gasteiger partial charge in [-0.15, -0.1) is 10.2 Å². The van der Waals surface area contributed by atoms with Crippen molar-refractivity contribution >= 4 is 0 Å². The fraction of sp³-hybridized carbons (Fsp3) is 0.300. The van der Waals surface area contributed by atoms with Crippen molar-refractivity contribution in [3.63, 3.8) is 0 Å². The molecule has 0 bridgehead atoms. The molecule has 1 aromatic carbocycles. The molecule has 1 heterocycles. The minimum absolute atomic E-state index is 0.294. The van der Waals surface area contributed by atoms with Crippen LogP contribution in [0.5, 0.6) is 5.75 Å². The van der Waals surface area contributed by atoms with E-state index in [1.165, 1.54) is 6.07 Å². The summed E-state index contributed by atoms with van der Waals surface area (Å²) in [5, 5.41) is 13.3. The van der Waals surface area contributed by atoms with Crippen LogP contribution in [0.25, 0.3) is 0 Å². The molecule has 0 aliphatic carbocycles. The number of tetrazole rings is 1. The van der Waals surface area contributed by atoms with Crippen LogP contribution in [0.4, 0.5) is 4.39 Å². The molecule has 6 heteroatoms. The van der Waals surface area contributed by atoms with Crippen molar-refractivity contribution in [2.24, 2.45) is 0 Å². The monoisotopic (exact) mass is 222 g/mol. The van der Waals surface area contributed by atoms with Gasteiger partial charge in [-0.2, -0.15) is 5.21 Å². The zero-order chi connectivity index (χ0) is 11.5. The molecule has 5 nitrogen and oxygen atoms in total. The first-order chi connectivity index (χ1) is 7.66. The van der Waals surface area contributed by atoms with Crippen molar-refractivity contribution < 1.29 is 9.13 Å². The molecular weight excluding hydrogens is 211 g/mol. The Morgan fingerprint density at radius 1 is 1.44 bits per heavy atom. The van der Waals surface area contributed by atoms with Crippen molar-refractivity contribution in [3.05, 3.63) is 35.4 Å². The van der Waals surface area contributed by atoms with Crippen LogP contribution >= 0.6 is 0 Å². The average molecular weight is 222 g/mol. The standard InChI is InChI=1S/C10H11FN4O/c1-6-3-4-8(5-9(6)11)16-7(2)10-12-14-15-13-10/h3-5,7H,1-2H3,(H,12,13,14,15). The Bertz CT molecular complexity index is 472. The van der Waals surface area contributed by atoms with E-state index >= 15 is 0 Å². The highest BCUT2D eigenvalue weighted by atomic mass is 19.1. The Balaban J connectivity index is 2.12. The van der Waals surface area contributed by atoms with Crippen molar-refractivity contribution in [1.29, 1.82) is 0 Å². The third-order valence-electron chi connectivity index (χ3n) is 2.18. The summed E-state index contributed by atoms with van der Waals surface area (Å²) in [5.41, 5.74) is 0.583. The Labute approximate surface area is 91.6 Å². The Kier molecular flexibility index (Phi) is 2.80. The number of nitrogens with one attached hydrogen (secondary N) is 1. The molecular formula is C10H11FN4O. The minimum Gasteiger partial charge on any atom is -0.482 e. The van der Waals surface area contributed by atoms with E-state index in [1.807, 2.05) is 0 Å². The van der Waals surface area contributed by atoms with Gasteiger partial charge in [0.2, 0.25) is 5.82 Å². The summed E-state index contributed by atoms with van der Waals surface area (Å²) in [6.45, 7) is 3.46. The first-order valence-electron chi connectivity index (χ1n) is 4.83.